The largest absolute Gasteiger partial charge is 0.471 e. The molecule has 6 rings (SSSR count). The van der Waals surface area contributed by atoms with E-state index in [1.54, 1.807) is 12.4 Å². The van der Waals surface area contributed by atoms with Gasteiger partial charge in [0.05, 0.1) is 50.9 Å². The van der Waals surface area contributed by atoms with E-state index in [-0.39, 0.29) is 28.4 Å². The van der Waals surface area contributed by atoms with Gasteiger partial charge in [0.2, 0.25) is 5.88 Å². The van der Waals surface area contributed by atoms with Crippen molar-refractivity contribution in [1.82, 2.24) is 34.6 Å². The summed E-state index contributed by atoms with van der Waals surface area (Å²) in [5.41, 5.74) is 1.77. The number of morpholine rings is 1. The Kier molecular flexibility index (Phi) is 7.41. The first kappa shape index (κ1) is 26.3. The van der Waals surface area contributed by atoms with Crippen LogP contribution in [0.3, 0.4) is 0 Å². The molecule has 4 aromatic rings. The highest BCUT2D eigenvalue weighted by Gasteiger charge is 2.24. The van der Waals surface area contributed by atoms with Gasteiger partial charge in [0.15, 0.2) is 17.3 Å². The first-order chi connectivity index (χ1) is 19.5. The number of nitrogens with zero attached hydrogens (tertiary/aromatic N) is 6. The van der Waals surface area contributed by atoms with E-state index < -0.39 is 17.5 Å². The minimum Gasteiger partial charge on any atom is -0.471 e. The number of nitrogens with one attached hydrogen (secondary N) is 1. The number of hydrogen-bond acceptors (Lipinski definition) is 8. The van der Waals surface area contributed by atoms with Crippen LogP contribution >= 0.6 is 0 Å². The molecule has 0 bridgehead atoms. The van der Waals surface area contributed by atoms with Gasteiger partial charge in [-0.15, -0.1) is 0 Å². The third kappa shape index (κ3) is 5.27. The lowest BCUT2D eigenvalue weighted by Crippen LogP contribution is -2.38. The van der Waals surface area contributed by atoms with Crippen LogP contribution in [0.2, 0.25) is 0 Å². The maximum atomic E-state index is 15.0. The first-order valence-corrected chi connectivity index (χ1v) is 13.2. The van der Waals surface area contributed by atoms with E-state index in [0.29, 0.717) is 37.6 Å². The number of rotatable bonds is 8. The number of carbonyl (C=O) groups is 1. The van der Waals surface area contributed by atoms with Crippen molar-refractivity contribution in [1.29, 1.82) is 0 Å². The second-order valence-corrected chi connectivity index (χ2v) is 9.73. The molecule has 0 radical (unpaired) electrons. The molecule has 5 heterocycles. The average molecular weight is 554 g/mol. The summed E-state index contributed by atoms with van der Waals surface area (Å²) in [5.74, 6) is -2.47. The smallest absolute Gasteiger partial charge is 0.251 e. The number of carbonyl (C=O) groups excluding carboxylic acids is 1. The van der Waals surface area contributed by atoms with E-state index >= 15 is 0 Å². The van der Waals surface area contributed by atoms with Crippen molar-refractivity contribution >= 4 is 11.6 Å². The van der Waals surface area contributed by atoms with Crippen LogP contribution in [0.1, 0.15) is 16.8 Å². The third-order valence-corrected chi connectivity index (χ3v) is 7.13. The summed E-state index contributed by atoms with van der Waals surface area (Å²) >= 11 is 0. The second kappa shape index (κ2) is 11.3. The maximum Gasteiger partial charge on any atom is 0.251 e. The molecule has 3 aromatic heterocycles. The molecular formula is C27H29F2N7O4. The van der Waals surface area contributed by atoms with Crippen LogP contribution in [0.5, 0.6) is 5.88 Å². The van der Waals surface area contributed by atoms with Crippen molar-refractivity contribution in [3.05, 3.63) is 54.1 Å². The number of ether oxygens (including phenoxy) is 3. The number of aromatic nitrogens is 5. The monoisotopic (exact) mass is 553 g/mol. The molecule has 1 amide bonds. The summed E-state index contributed by atoms with van der Waals surface area (Å²) in [5, 5.41) is 11.3. The lowest BCUT2D eigenvalue weighted by Gasteiger charge is -2.26. The molecule has 0 unspecified atom stereocenters. The van der Waals surface area contributed by atoms with Crippen LogP contribution in [0, 0.1) is 11.6 Å². The van der Waals surface area contributed by atoms with Gasteiger partial charge in [-0.25, -0.2) is 13.3 Å². The van der Waals surface area contributed by atoms with E-state index in [1.807, 2.05) is 10.9 Å². The molecule has 0 spiro atoms. The van der Waals surface area contributed by atoms with Gasteiger partial charge in [-0.3, -0.25) is 14.4 Å². The Labute approximate surface area is 228 Å². The summed E-state index contributed by atoms with van der Waals surface area (Å²) in [7, 11) is 1.42. The van der Waals surface area contributed by atoms with E-state index in [4.69, 9.17) is 19.2 Å². The minimum atomic E-state index is -1.14. The van der Waals surface area contributed by atoms with E-state index in [9.17, 15) is 13.6 Å². The van der Waals surface area contributed by atoms with Crippen LogP contribution in [0.25, 0.3) is 27.9 Å². The van der Waals surface area contributed by atoms with Crippen molar-refractivity contribution in [3.8, 4) is 28.1 Å². The standard InChI is InChI=1S/C27H29F2N7O4/c1-30-26(37)17-10-20(24(29)23(28)11-17)21-13-32-36-15-22(27(33-25(21)36)40-19-2-7-39-16-19)18-12-31-35(14-18)4-3-34-5-8-38-9-6-34/h10-15,19H,2-9,16H2,1H3,(H,30,37)/t19-/m0/s1. The third-order valence-electron chi connectivity index (χ3n) is 7.13. The molecule has 13 heteroatoms. The van der Waals surface area contributed by atoms with E-state index in [0.717, 1.165) is 44.5 Å². The van der Waals surface area contributed by atoms with Crippen molar-refractivity contribution in [3.63, 3.8) is 0 Å². The lowest BCUT2D eigenvalue weighted by atomic mass is 10.0. The Hall–Kier alpha value is -3.94. The predicted octanol–water partition coefficient (Wildman–Crippen LogP) is 2.40. The highest BCUT2D eigenvalue weighted by Crippen LogP contribution is 2.34. The number of amides is 1. The fraction of sp³-hybridized carbons (Fsp3) is 0.407. The highest BCUT2D eigenvalue weighted by atomic mass is 19.2. The summed E-state index contributed by atoms with van der Waals surface area (Å²) < 4.78 is 50.0. The Balaban J connectivity index is 1.37. The molecular weight excluding hydrogens is 524 g/mol. The molecule has 210 valence electrons. The van der Waals surface area contributed by atoms with Crippen LogP contribution in [0.4, 0.5) is 8.78 Å². The van der Waals surface area contributed by atoms with Gasteiger partial charge in [-0.1, -0.05) is 0 Å². The number of benzene rings is 1. The van der Waals surface area contributed by atoms with Gasteiger partial charge < -0.3 is 19.5 Å². The molecule has 2 aliphatic heterocycles. The molecule has 2 fully saturated rings. The summed E-state index contributed by atoms with van der Waals surface area (Å²) in [6, 6.07) is 2.15. The molecule has 1 aromatic carbocycles. The number of halogens is 2. The maximum absolute atomic E-state index is 15.0. The van der Waals surface area contributed by atoms with E-state index in [2.05, 4.69) is 20.4 Å². The van der Waals surface area contributed by atoms with Gasteiger partial charge >= 0.3 is 0 Å². The Morgan fingerprint density at radius 2 is 1.90 bits per heavy atom. The normalized spacial score (nSPS) is 17.9. The molecule has 0 aliphatic carbocycles. The summed E-state index contributed by atoms with van der Waals surface area (Å²) in [6.45, 7) is 5.83. The summed E-state index contributed by atoms with van der Waals surface area (Å²) in [4.78, 5) is 19.2. The zero-order chi connectivity index (χ0) is 27.6. The Morgan fingerprint density at radius 1 is 1.05 bits per heavy atom. The second-order valence-electron chi connectivity index (χ2n) is 9.73. The van der Waals surface area contributed by atoms with Crippen molar-refractivity contribution in [2.24, 2.45) is 0 Å². The molecule has 2 aliphatic rings. The molecule has 2 saturated heterocycles. The van der Waals surface area contributed by atoms with Crippen LogP contribution in [0.15, 0.2) is 36.9 Å². The SMILES string of the molecule is CNC(=O)c1cc(F)c(F)c(-c2cnn3cc(-c4cnn(CCN5CCOCC5)c4)c(O[C@H]4CCOC4)nc23)c1. The van der Waals surface area contributed by atoms with Crippen molar-refractivity contribution in [2.45, 2.75) is 19.1 Å². The quantitative estimate of drug-likeness (QED) is 0.355. The Morgan fingerprint density at radius 3 is 2.67 bits per heavy atom. The average Bonchev–Trinajstić information content (AvgIpc) is 3.75. The van der Waals surface area contributed by atoms with Gasteiger partial charge in [0, 0.05) is 67.8 Å². The van der Waals surface area contributed by atoms with Crippen LogP contribution in [-0.4, -0.2) is 94.4 Å². The fourth-order valence-corrected chi connectivity index (χ4v) is 4.89. The Bertz CT molecular complexity index is 1530. The molecule has 1 N–H and O–H groups in total. The van der Waals surface area contributed by atoms with Gasteiger partial charge in [0.1, 0.15) is 6.10 Å². The van der Waals surface area contributed by atoms with Gasteiger partial charge in [-0.2, -0.15) is 15.2 Å². The topological polar surface area (TPSA) is 108 Å². The van der Waals surface area contributed by atoms with Crippen molar-refractivity contribution in [2.75, 3.05) is 53.1 Å². The van der Waals surface area contributed by atoms with Crippen LogP contribution in [-0.2, 0) is 16.0 Å². The zero-order valence-electron chi connectivity index (χ0n) is 22.0. The fourth-order valence-electron chi connectivity index (χ4n) is 4.89. The number of hydrogen-bond donors (Lipinski definition) is 1. The molecule has 11 nitrogen and oxygen atoms in total. The zero-order valence-corrected chi connectivity index (χ0v) is 22.0. The van der Waals surface area contributed by atoms with Crippen molar-refractivity contribution < 1.29 is 27.8 Å². The lowest BCUT2D eigenvalue weighted by molar-refractivity contribution is 0.0360. The predicted molar refractivity (Wildman–Crippen MR) is 140 cm³/mol. The van der Waals surface area contributed by atoms with Gasteiger partial charge in [0.25, 0.3) is 5.91 Å². The molecule has 1 atom stereocenters. The molecule has 0 saturated carbocycles. The first-order valence-electron chi connectivity index (χ1n) is 13.2. The highest BCUT2D eigenvalue weighted by molar-refractivity contribution is 5.96. The minimum absolute atomic E-state index is 0.0172. The molecule has 40 heavy (non-hydrogen) atoms. The van der Waals surface area contributed by atoms with E-state index in [1.165, 1.54) is 23.8 Å². The number of fused-ring (bicyclic) bond motifs is 1. The summed E-state index contributed by atoms with van der Waals surface area (Å²) in [6.07, 6.45) is 7.29. The van der Waals surface area contributed by atoms with Gasteiger partial charge in [-0.05, 0) is 12.1 Å². The van der Waals surface area contributed by atoms with Crippen LogP contribution < -0.4 is 10.1 Å².